The Morgan fingerprint density at radius 3 is 2.81 bits per heavy atom. The maximum Gasteiger partial charge on any atom is 0.223 e. The van der Waals surface area contributed by atoms with Gasteiger partial charge in [-0.25, -0.2) is 0 Å². The van der Waals surface area contributed by atoms with Crippen LogP contribution >= 0.6 is 0 Å². The Kier molecular flexibility index (Phi) is 5.30. The number of hydrogen-bond donors (Lipinski definition) is 0. The number of benzene rings is 1. The van der Waals surface area contributed by atoms with Gasteiger partial charge in [-0.05, 0) is 48.4 Å². The van der Waals surface area contributed by atoms with Crippen LogP contribution in [0.5, 0.6) is 0 Å². The highest BCUT2D eigenvalue weighted by Gasteiger charge is 2.27. The van der Waals surface area contributed by atoms with Crippen molar-refractivity contribution < 1.29 is 4.79 Å². The predicted octanol–water partition coefficient (Wildman–Crippen LogP) is 3.24. The molecule has 4 nitrogen and oxygen atoms in total. The van der Waals surface area contributed by atoms with Crippen molar-refractivity contribution in [2.75, 3.05) is 26.2 Å². The van der Waals surface area contributed by atoms with Crippen molar-refractivity contribution in [1.29, 1.82) is 0 Å². The number of pyridine rings is 1. The van der Waals surface area contributed by atoms with E-state index in [-0.39, 0.29) is 0 Å². The topological polar surface area (TPSA) is 36.4 Å². The fourth-order valence-corrected chi connectivity index (χ4v) is 4.30. The smallest absolute Gasteiger partial charge is 0.223 e. The number of nitrogens with zero attached hydrogens (tertiary/aromatic N) is 3. The maximum absolute atomic E-state index is 12.9. The van der Waals surface area contributed by atoms with E-state index in [0.717, 1.165) is 57.7 Å². The molecule has 136 valence electrons. The van der Waals surface area contributed by atoms with Gasteiger partial charge in [0, 0.05) is 45.3 Å². The summed E-state index contributed by atoms with van der Waals surface area (Å²) >= 11 is 0. The normalized spacial score (nSPS) is 20.6. The number of carbonyl (C=O) groups excluding carboxylic acids is 1. The minimum Gasteiger partial charge on any atom is -0.341 e. The predicted molar refractivity (Wildman–Crippen MR) is 103 cm³/mol. The van der Waals surface area contributed by atoms with E-state index in [1.807, 2.05) is 18.3 Å². The van der Waals surface area contributed by atoms with E-state index in [1.54, 1.807) is 0 Å². The van der Waals surface area contributed by atoms with Crippen LogP contribution in [0, 0.1) is 0 Å². The number of amides is 1. The largest absolute Gasteiger partial charge is 0.341 e. The zero-order valence-electron chi connectivity index (χ0n) is 15.3. The summed E-state index contributed by atoms with van der Waals surface area (Å²) in [5.74, 6) is 0.734. The third-order valence-electron chi connectivity index (χ3n) is 5.73. The monoisotopic (exact) mass is 349 g/mol. The van der Waals surface area contributed by atoms with Crippen molar-refractivity contribution in [1.82, 2.24) is 14.8 Å². The first-order valence-electron chi connectivity index (χ1n) is 9.77. The van der Waals surface area contributed by atoms with Gasteiger partial charge in [0.25, 0.3) is 0 Å². The molecule has 1 aliphatic carbocycles. The SMILES string of the molecule is O=C(CC1CCc2ccccc21)N1CCCN(Cc2ccccn2)CC1. The zero-order valence-corrected chi connectivity index (χ0v) is 15.3. The number of aryl methyl sites for hydroxylation is 1. The molecule has 0 N–H and O–H groups in total. The molecular formula is C22H27N3O. The Morgan fingerprint density at radius 2 is 1.92 bits per heavy atom. The van der Waals surface area contributed by atoms with E-state index in [2.05, 4.69) is 45.1 Å². The van der Waals surface area contributed by atoms with Crippen molar-refractivity contribution in [2.45, 2.75) is 38.1 Å². The highest BCUT2D eigenvalue weighted by molar-refractivity contribution is 5.77. The third kappa shape index (κ3) is 3.96. The summed E-state index contributed by atoms with van der Waals surface area (Å²) in [7, 11) is 0. The molecule has 1 amide bonds. The molecule has 0 spiro atoms. The second kappa shape index (κ2) is 8.00. The van der Waals surface area contributed by atoms with E-state index in [1.165, 1.54) is 11.1 Å². The number of hydrogen-bond acceptors (Lipinski definition) is 3. The second-order valence-electron chi connectivity index (χ2n) is 7.47. The van der Waals surface area contributed by atoms with Gasteiger partial charge in [0.05, 0.1) is 5.69 Å². The molecule has 0 bridgehead atoms. The summed E-state index contributed by atoms with van der Waals surface area (Å²) in [5, 5.41) is 0. The Hall–Kier alpha value is -2.20. The Bertz CT molecular complexity index is 746. The average molecular weight is 349 g/mol. The number of aromatic nitrogens is 1. The summed E-state index contributed by atoms with van der Waals surface area (Å²) in [6.07, 6.45) is 5.79. The molecule has 2 aliphatic rings. The summed E-state index contributed by atoms with van der Waals surface area (Å²) in [5.41, 5.74) is 3.94. The molecule has 1 aromatic carbocycles. The van der Waals surface area contributed by atoms with Crippen LogP contribution < -0.4 is 0 Å². The van der Waals surface area contributed by atoms with E-state index in [0.29, 0.717) is 18.2 Å². The van der Waals surface area contributed by atoms with Crippen LogP contribution in [0.15, 0.2) is 48.7 Å². The standard InChI is InChI=1S/C22H27N3O/c26-22(16-19-10-9-18-6-1-2-8-21(18)19)25-13-5-12-24(14-15-25)17-20-7-3-4-11-23-20/h1-4,6-8,11,19H,5,9-10,12-17H2. The van der Waals surface area contributed by atoms with Gasteiger partial charge in [-0.2, -0.15) is 0 Å². The van der Waals surface area contributed by atoms with Crippen LogP contribution in [0.3, 0.4) is 0 Å². The molecule has 4 rings (SSSR count). The minimum atomic E-state index is 0.325. The fraction of sp³-hybridized carbons (Fsp3) is 0.455. The third-order valence-corrected chi connectivity index (χ3v) is 5.73. The minimum absolute atomic E-state index is 0.325. The van der Waals surface area contributed by atoms with Gasteiger partial charge in [-0.1, -0.05) is 30.3 Å². The first-order valence-corrected chi connectivity index (χ1v) is 9.77. The molecule has 2 aromatic rings. The molecule has 1 saturated heterocycles. The van der Waals surface area contributed by atoms with Gasteiger partial charge < -0.3 is 4.90 Å². The van der Waals surface area contributed by atoms with Crippen LogP contribution in [-0.4, -0.2) is 46.9 Å². The molecule has 1 atom stereocenters. The molecule has 1 unspecified atom stereocenters. The summed E-state index contributed by atoms with van der Waals surface area (Å²) in [6, 6.07) is 14.7. The molecule has 2 heterocycles. The lowest BCUT2D eigenvalue weighted by molar-refractivity contribution is -0.131. The second-order valence-corrected chi connectivity index (χ2v) is 7.47. The Balaban J connectivity index is 1.32. The van der Waals surface area contributed by atoms with Crippen LogP contribution in [0.4, 0.5) is 0 Å². The summed E-state index contributed by atoms with van der Waals surface area (Å²) < 4.78 is 0. The van der Waals surface area contributed by atoms with Crippen molar-refractivity contribution >= 4 is 5.91 Å². The van der Waals surface area contributed by atoms with Crippen LogP contribution in [0.1, 0.15) is 42.0 Å². The lowest BCUT2D eigenvalue weighted by atomic mass is 9.97. The van der Waals surface area contributed by atoms with Crippen LogP contribution in [-0.2, 0) is 17.8 Å². The quantitative estimate of drug-likeness (QED) is 0.850. The molecule has 1 aliphatic heterocycles. The summed E-state index contributed by atoms with van der Waals surface area (Å²) in [4.78, 5) is 21.8. The maximum atomic E-state index is 12.9. The lowest BCUT2D eigenvalue weighted by Gasteiger charge is -2.23. The van der Waals surface area contributed by atoms with Crippen molar-refractivity contribution in [3.8, 4) is 0 Å². The molecule has 1 aromatic heterocycles. The molecule has 1 fully saturated rings. The molecule has 0 radical (unpaired) electrons. The molecular weight excluding hydrogens is 322 g/mol. The fourth-order valence-electron chi connectivity index (χ4n) is 4.30. The van der Waals surface area contributed by atoms with Crippen molar-refractivity contribution in [2.24, 2.45) is 0 Å². The van der Waals surface area contributed by atoms with Gasteiger partial charge in [-0.15, -0.1) is 0 Å². The number of fused-ring (bicyclic) bond motifs is 1. The lowest BCUT2D eigenvalue weighted by Crippen LogP contribution is -2.35. The number of rotatable bonds is 4. The Labute approximate surface area is 155 Å². The highest BCUT2D eigenvalue weighted by atomic mass is 16.2. The Morgan fingerprint density at radius 1 is 1.04 bits per heavy atom. The van der Waals surface area contributed by atoms with E-state index >= 15 is 0 Å². The van der Waals surface area contributed by atoms with Gasteiger partial charge in [0.2, 0.25) is 5.91 Å². The van der Waals surface area contributed by atoms with Gasteiger partial charge in [0.1, 0.15) is 0 Å². The number of carbonyl (C=O) groups is 1. The van der Waals surface area contributed by atoms with Crippen LogP contribution in [0.2, 0.25) is 0 Å². The van der Waals surface area contributed by atoms with Gasteiger partial charge in [-0.3, -0.25) is 14.7 Å². The van der Waals surface area contributed by atoms with Crippen molar-refractivity contribution in [3.05, 3.63) is 65.5 Å². The zero-order chi connectivity index (χ0) is 17.8. The van der Waals surface area contributed by atoms with Crippen molar-refractivity contribution in [3.63, 3.8) is 0 Å². The average Bonchev–Trinajstić information content (AvgIpc) is 2.92. The van der Waals surface area contributed by atoms with Gasteiger partial charge >= 0.3 is 0 Å². The molecule has 0 saturated carbocycles. The highest BCUT2D eigenvalue weighted by Crippen LogP contribution is 2.35. The van der Waals surface area contributed by atoms with Crippen LogP contribution in [0.25, 0.3) is 0 Å². The van der Waals surface area contributed by atoms with Gasteiger partial charge in [0.15, 0.2) is 0 Å². The van der Waals surface area contributed by atoms with E-state index in [9.17, 15) is 4.79 Å². The van der Waals surface area contributed by atoms with E-state index in [4.69, 9.17) is 0 Å². The molecule has 26 heavy (non-hydrogen) atoms. The molecule has 4 heteroatoms. The summed E-state index contributed by atoms with van der Waals surface area (Å²) in [6.45, 7) is 4.56. The first kappa shape index (κ1) is 17.2. The van der Waals surface area contributed by atoms with E-state index < -0.39 is 0 Å². The first-order chi connectivity index (χ1) is 12.8.